The first-order valence-corrected chi connectivity index (χ1v) is 8.37. The van der Waals surface area contributed by atoms with Crippen LogP contribution in [0.5, 0.6) is 0 Å². The number of alkyl halides is 3. The van der Waals surface area contributed by atoms with Gasteiger partial charge in [0.25, 0.3) is 0 Å². The number of hydrogen-bond acceptors (Lipinski definition) is 4. The summed E-state index contributed by atoms with van der Waals surface area (Å²) in [6.45, 7) is 5.10. The van der Waals surface area contributed by atoms with Gasteiger partial charge in [-0.05, 0) is 13.3 Å². The summed E-state index contributed by atoms with van der Waals surface area (Å²) < 4.78 is 43.0. The maximum atomic E-state index is 12.6. The molecule has 0 saturated carbocycles. The van der Waals surface area contributed by atoms with Crippen molar-refractivity contribution in [3.63, 3.8) is 0 Å². The molecule has 0 aliphatic carbocycles. The lowest BCUT2D eigenvalue weighted by atomic mass is 10.1. The second kappa shape index (κ2) is 9.76. The predicted octanol–water partition coefficient (Wildman–Crippen LogP) is 3.21. The van der Waals surface area contributed by atoms with Gasteiger partial charge in [0.05, 0.1) is 13.2 Å². The van der Waals surface area contributed by atoms with Crippen molar-refractivity contribution < 1.29 is 17.9 Å². The van der Waals surface area contributed by atoms with Crippen molar-refractivity contribution in [2.75, 3.05) is 33.4 Å². The van der Waals surface area contributed by atoms with E-state index in [1.54, 1.807) is 0 Å². The van der Waals surface area contributed by atoms with Gasteiger partial charge < -0.3 is 15.0 Å². The predicted molar refractivity (Wildman–Crippen MR) is 98.9 cm³/mol. The molecule has 5 nitrogen and oxygen atoms in total. The van der Waals surface area contributed by atoms with Gasteiger partial charge in [-0.25, -0.2) is 9.98 Å². The van der Waals surface area contributed by atoms with Crippen LogP contribution in [0.3, 0.4) is 0 Å². The fourth-order valence-electron chi connectivity index (χ4n) is 2.33. The first kappa shape index (κ1) is 21.4. The van der Waals surface area contributed by atoms with Crippen LogP contribution in [0.2, 0.25) is 0 Å². The Morgan fingerprint density at radius 3 is 2.83 bits per heavy atom. The Morgan fingerprint density at radius 1 is 1.54 bits per heavy atom. The lowest BCUT2D eigenvalue weighted by molar-refractivity contribution is -0.140. The minimum absolute atomic E-state index is 0. The zero-order valence-electron chi connectivity index (χ0n) is 13.6. The lowest BCUT2D eigenvalue weighted by Crippen LogP contribution is -2.41. The van der Waals surface area contributed by atoms with E-state index < -0.39 is 11.9 Å². The molecule has 1 fully saturated rings. The highest BCUT2D eigenvalue weighted by atomic mass is 127. The van der Waals surface area contributed by atoms with E-state index in [0.29, 0.717) is 23.4 Å². The SMILES string of the molecule is CCNC(=NCc1nc(C(F)(F)F)cs1)N(C)CC1CCOC1.I. The number of aromatic nitrogens is 1. The van der Waals surface area contributed by atoms with Gasteiger partial charge in [0, 0.05) is 38.0 Å². The molecule has 1 N–H and O–H groups in total. The summed E-state index contributed by atoms with van der Waals surface area (Å²) in [5.41, 5.74) is -0.853. The summed E-state index contributed by atoms with van der Waals surface area (Å²) in [7, 11) is 1.92. The van der Waals surface area contributed by atoms with Crippen LogP contribution in [0.15, 0.2) is 10.4 Å². The van der Waals surface area contributed by atoms with Crippen LogP contribution in [-0.2, 0) is 17.5 Å². The molecule has 2 rings (SSSR count). The van der Waals surface area contributed by atoms with Crippen molar-refractivity contribution in [1.82, 2.24) is 15.2 Å². The van der Waals surface area contributed by atoms with Gasteiger partial charge >= 0.3 is 6.18 Å². The Labute approximate surface area is 160 Å². The Morgan fingerprint density at radius 2 is 2.29 bits per heavy atom. The van der Waals surface area contributed by atoms with Gasteiger partial charge in [0.15, 0.2) is 11.7 Å². The van der Waals surface area contributed by atoms with Gasteiger partial charge in [-0.3, -0.25) is 0 Å². The standard InChI is InChI=1S/C14H21F3N4OS.HI/c1-3-18-13(21(2)7-10-4-5-22-8-10)19-6-12-20-11(9-23-12)14(15,16)17;/h9-10H,3-8H2,1-2H3,(H,18,19);1H. The molecule has 1 aromatic heterocycles. The normalized spacial score (nSPS) is 18.4. The highest BCUT2D eigenvalue weighted by Gasteiger charge is 2.33. The molecule has 138 valence electrons. The van der Waals surface area contributed by atoms with E-state index in [9.17, 15) is 13.2 Å². The highest BCUT2D eigenvalue weighted by Crippen LogP contribution is 2.30. The Bertz CT molecular complexity index is 532. The minimum atomic E-state index is -4.40. The Balaban J connectivity index is 0.00000288. The number of ether oxygens (including phenoxy) is 1. The quantitative estimate of drug-likeness (QED) is 0.401. The van der Waals surface area contributed by atoms with E-state index in [1.165, 1.54) is 0 Å². The Hall–Kier alpha value is -0.620. The first-order chi connectivity index (χ1) is 10.9. The average Bonchev–Trinajstić information content (AvgIpc) is 3.13. The molecule has 0 aromatic carbocycles. The van der Waals surface area contributed by atoms with Crippen molar-refractivity contribution in [2.45, 2.75) is 26.1 Å². The number of nitrogens with zero attached hydrogens (tertiary/aromatic N) is 3. The second-order valence-corrected chi connectivity index (χ2v) is 6.35. The van der Waals surface area contributed by atoms with Crippen LogP contribution in [0.4, 0.5) is 13.2 Å². The molecule has 1 aromatic rings. The van der Waals surface area contributed by atoms with Crippen LogP contribution >= 0.6 is 35.3 Å². The third-order valence-electron chi connectivity index (χ3n) is 3.46. The summed E-state index contributed by atoms with van der Waals surface area (Å²) in [6, 6.07) is 0. The summed E-state index contributed by atoms with van der Waals surface area (Å²) in [4.78, 5) is 9.98. The van der Waals surface area contributed by atoms with Crippen LogP contribution in [-0.4, -0.2) is 49.2 Å². The van der Waals surface area contributed by atoms with E-state index >= 15 is 0 Å². The molecule has 1 saturated heterocycles. The molecule has 10 heteroatoms. The monoisotopic (exact) mass is 478 g/mol. The van der Waals surface area contributed by atoms with Gasteiger partial charge in [0.2, 0.25) is 0 Å². The highest BCUT2D eigenvalue weighted by molar-refractivity contribution is 14.0. The molecular formula is C14H22F3IN4OS. The number of thiazole rings is 1. The van der Waals surface area contributed by atoms with Gasteiger partial charge in [-0.1, -0.05) is 0 Å². The molecule has 24 heavy (non-hydrogen) atoms. The van der Waals surface area contributed by atoms with E-state index in [2.05, 4.69) is 15.3 Å². The molecular weight excluding hydrogens is 456 g/mol. The molecule has 1 unspecified atom stereocenters. The van der Waals surface area contributed by atoms with Crippen LogP contribution < -0.4 is 5.32 Å². The summed E-state index contributed by atoms with van der Waals surface area (Å²) in [5.74, 6) is 1.13. The van der Waals surface area contributed by atoms with Crippen LogP contribution in [0, 0.1) is 5.92 Å². The molecule has 1 aliphatic rings. The molecule has 1 aliphatic heterocycles. The lowest BCUT2D eigenvalue weighted by Gasteiger charge is -2.24. The van der Waals surface area contributed by atoms with Gasteiger partial charge in [-0.15, -0.1) is 35.3 Å². The molecule has 0 spiro atoms. The van der Waals surface area contributed by atoms with Crippen molar-refractivity contribution in [1.29, 1.82) is 0 Å². The zero-order valence-corrected chi connectivity index (χ0v) is 16.7. The maximum absolute atomic E-state index is 12.6. The summed E-state index contributed by atoms with van der Waals surface area (Å²) >= 11 is 0.977. The first-order valence-electron chi connectivity index (χ1n) is 7.49. The number of halogens is 4. The number of rotatable bonds is 5. The van der Waals surface area contributed by atoms with Crippen LogP contribution in [0.25, 0.3) is 0 Å². The van der Waals surface area contributed by atoms with Crippen LogP contribution in [0.1, 0.15) is 24.0 Å². The Kier molecular flexibility index (Phi) is 8.71. The fraction of sp³-hybridized carbons (Fsp3) is 0.714. The van der Waals surface area contributed by atoms with Crippen molar-refractivity contribution in [3.8, 4) is 0 Å². The van der Waals surface area contributed by atoms with Crippen molar-refractivity contribution in [2.24, 2.45) is 10.9 Å². The van der Waals surface area contributed by atoms with E-state index in [-0.39, 0.29) is 30.5 Å². The summed E-state index contributed by atoms with van der Waals surface area (Å²) in [6.07, 6.45) is -3.38. The summed E-state index contributed by atoms with van der Waals surface area (Å²) in [5, 5.41) is 4.53. The van der Waals surface area contributed by atoms with E-state index in [1.807, 2.05) is 18.9 Å². The second-order valence-electron chi connectivity index (χ2n) is 5.40. The molecule has 0 amide bonds. The third-order valence-corrected chi connectivity index (χ3v) is 4.29. The number of guanidine groups is 1. The molecule has 2 heterocycles. The molecule has 0 bridgehead atoms. The van der Waals surface area contributed by atoms with Crippen molar-refractivity contribution in [3.05, 3.63) is 16.1 Å². The number of aliphatic imine (C=N–C) groups is 1. The third kappa shape index (κ3) is 6.36. The number of hydrogen-bond donors (Lipinski definition) is 1. The van der Waals surface area contributed by atoms with Gasteiger partial charge in [-0.2, -0.15) is 13.2 Å². The molecule has 1 atom stereocenters. The maximum Gasteiger partial charge on any atom is 0.434 e. The topological polar surface area (TPSA) is 49.8 Å². The fourth-order valence-corrected chi connectivity index (χ4v) is 3.05. The van der Waals surface area contributed by atoms with E-state index in [4.69, 9.17) is 4.74 Å². The van der Waals surface area contributed by atoms with Crippen molar-refractivity contribution >= 4 is 41.3 Å². The molecule has 0 radical (unpaired) electrons. The minimum Gasteiger partial charge on any atom is -0.381 e. The van der Waals surface area contributed by atoms with E-state index in [0.717, 1.165) is 42.9 Å². The number of nitrogens with one attached hydrogen (secondary N) is 1. The largest absolute Gasteiger partial charge is 0.434 e. The average molecular weight is 478 g/mol. The zero-order chi connectivity index (χ0) is 16.9. The van der Waals surface area contributed by atoms with Gasteiger partial charge in [0.1, 0.15) is 5.01 Å². The smallest absolute Gasteiger partial charge is 0.381 e.